The average Bonchev–Trinajstić information content (AvgIpc) is 3.16. The van der Waals surface area contributed by atoms with E-state index in [1.165, 1.54) is 12.1 Å². The second-order valence-electron chi connectivity index (χ2n) is 8.48. The molecule has 0 radical (unpaired) electrons. The molecule has 1 fully saturated rings. The van der Waals surface area contributed by atoms with Crippen LogP contribution in [0.3, 0.4) is 0 Å². The van der Waals surface area contributed by atoms with Crippen LogP contribution in [0.15, 0.2) is 89.8 Å². The molecule has 4 aromatic carbocycles. The predicted octanol–water partition coefficient (Wildman–Crippen LogP) is 7.80. The highest BCUT2D eigenvalue weighted by molar-refractivity contribution is 8.18. The molecule has 1 saturated heterocycles. The highest BCUT2D eigenvalue weighted by atomic mass is 32.2. The fourth-order valence-electron chi connectivity index (χ4n) is 4.11. The van der Waals surface area contributed by atoms with E-state index in [2.05, 4.69) is 0 Å². The van der Waals surface area contributed by atoms with Crippen LogP contribution in [-0.4, -0.2) is 21.0 Å². The lowest BCUT2D eigenvalue weighted by Gasteiger charge is -2.14. The number of ether oxygens (including phenoxy) is 1. The van der Waals surface area contributed by atoms with Crippen molar-refractivity contribution < 1.29 is 32.4 Å². The molecule has 4 aromatic rings. The lowest BCUT2D eigenvalue weighted by molar-refractivity contribution is -0.385. The zero-order valence-electron chi connectivity index (χ0n) is 19.8. The van der Waals surface area contributed by atoms with Crippen LogP contribution in [0.1, 0.15) is 16.7 Å². The van der Waals surface area contributed by atoms with Gasteiger partial charge in [-0.3, -0.25) is 24.6 Å². The van der Waals surface area contributed by atoms with Crippen molar-refractivity contribution in [1.29, 1.82) is 0 Å². The SMILES string of the molecule is O=C1S/C(=C\c2ccccc2Oc2ccc(C(F)(F)F)cc2[N+](=O)[O-])C(=O)N1Cc1cccc2ccccc12. The van der Waals surface area contributed by atoms with Crippen LogP contribution < -0.4 is 4.74 Å². The second kappa shape index (κ2) is 10.3. The van der Waals surface area contributed by atoms with E-state index < -0.39 is 39.2 Å². The summed E-state index contributed by atoms with van der Waals surface area (Å²) in [6.45, 7) is 0.0687. The number of hydrogen-bond donors (Lipinski definition) is 0. The van der Waals surface area contributed by atoms with Gasteiger partial charge >= 0.3 is 11.9 Å². The molecule has 11 heteroatoms. The summed E-state index contributed by atoms with van der Waals surface area (Å²) in [5.74, 6) is -0.868. The number of alkyl halides is 3. The first-order valence-electron chi connectivity index (χ1n) is 11.5. The van der Waals surface area contributed by atoms with Crippen LogP contribution in [0.5, 0.6) is 11.5 Å². The minimum atomic E-state index is -4.77. The topological polar surface area (TPSA) is 89.7 Å². The van der Waals surface area contributed by atoms with Gasteiger partial charge in [0, 0.05) is 11.6 Å². The number of carbonyl (C=O) groups excluding carboxylic acids is 2. The Kier molecular flexibility index (Phi) is 6.83. The zero-order chi connectivity index (χ0) is 27.7. The number of fused-ring (bicyclic) bond motifs is 1. The Morgan fingerprint density at radius 3 is 2.41 bits per heavy atom. The molecule has 1 heterocycles. The van der Waals surface area contributed by atoms with Crippen molar-refractivity contribution in [2.45, 2.75) is 12.7 Å². The molecule has 0 N–H and O–H groups in total. The first-order chi connectivity index (χ1) is 18.6. The standard InChI is InChI=1S/C28H17F3N2O5S/c29-28(30,31)20-12-13-24(22(15-20)33(36)37)38-23-11-4-2-7-18(23)14-25-26(34)32(27(35)39-25)16-19-9-5-8-17-6-1-3-10-21(17)19/h1-15H,16H2/b25-14-. The molecule has 1 aliphatic heterocycles. The molecule has 0 unspecified atom stereocenters. The molecule has 0 saturated carbocycles. The number of para-hydroxylation sites is 1. The van der Waals surface area contributed by atoms with Gasteiger partial charge in [-0.2, -0.15) is 13.2 Å². The summed E-state index contributed by atoms with van der Waals surface area (Å²) in [5.41, 5.74) is -0.943. The molecular formula is C28H17F3N2O5S. The second-order valence-corrected chi connectivity index (χ2v) is 9.48. The Morgan fingerprint density at radius 2 is 1.64 bits per heavy atom. The molecular weight excluding hydrogens is 533 g/mol. The van der Waals surface area contributed by atoms with E-state index in [1.54, 1.807) is 18.2 Å². The Labute approximate surface area is 223 Å². The Balaban J connectivity index is 1.43. The van der Waals surface area contributed by atoms with Crippen LogP contribution in [0, 0.1) is 10.1 Å². The summed E-state index contributed by atoms with van der Waals surface area (Å²) in [4.78, 5) is 37.7. The molecule has 196 valence electrons. The number of amides is 2. The van der Waals surface area contributed by atoms with Crippen LogP contribution in [-0.2, 0) is 17.5 Å². The summed E-state index contributed by atoms with van der Waals surface area (Å²) >= 11 is 0.739. The van der Waals surface area contributed by atoms with Crippen molar-refractivity contribution in [1.82, 2.24) is 4.90 Å². The van der Waals surface area contributed by atoms with Gasteiger partial charge in [0.15, 0.2) is 0 Å². The van der Waals surface area contributed by atoms with E-state index in [0.717, 1.165) is 39.1 Å². The van der Waals surface area contributed by atoms with Crippen molar-refractivity contribution in [3.8, 4) is 11.5 Å². The third kappa shape index (κ3) is 5.34. The predicted molar refractivity (Wildman–Crippen MR) is 140 cm³/mol. The molecule has 0 aliphatic carbocycles. The molecule has 0 bridgehead atoms. The molecule has 0 aromatic heterocycles. The fourth-order valence-corrected chi connectivity index (χ4v) is 4.94. The Bertz CT molecular complexity index is 1660. The first kappa shape index (κ1) is 26.0. The zero-order valence-corrected chi connectivity index (χ0v) is 20.7. The van der Waals surface area contributed by atoms with Crippen LogP contribution in [0.2, 0.25) is 0 Å². The molecule has 39 heavy (non-hydrogen) atoms. The van der Waals surface area contributed by atoms with Gasteiger partial charge in [0.25, 0.3) is 11.1 Å². The third-order valence-electron chi connectivity index (χ3n) is 5.99. The van der Waals surface area contributed by atoms with E-state index in [0.29, 0.717) is 17.7 Å². The summed E-state index contributed by atoms with van der Waals surface area (Å²) < 4.78 is 44.8. The summed E-state index contributed by atoms with van der Waals surface area (Å²) in [7, 11) is 0. The number of halogens is 3. The van der Waals surface area contributed by atoms with E-state index in [-0.39, 0.29) is 17.2 Å². The van der Waals surface area contributed by atoms with Gasteiger partial charge in [0.2, 0.25) is 5.75 Å². The average molecular weight is 551 g/mol. The van der Waals surface area contributed by atoms with Gasteiger partial charge in [0.05, 0.1) is 21.9 Å². The van der Waals surface area contributed by atoms with Crippen LogP contribution in [0.25, 0.3) is 16.8 Å². The first-order valence-corrected chi connectivity index (χ1v) is 12.3. The molecule has 0 atom stereocenters. The molecule has 2 amide bonds. The normalized spacial score (nSPS) is 14.8. The minimum absolute atomic E-state index is 0.0567. The lowest BCUT2D eigenvalue weighted by atomic mass is 10.0. The van der Waals surface area contributed by atoms with Crippen molar-refractivity contribution in [3.05, 3.63) is 117 Å². The number of benzene rings is 4. The number of thioether (sulfide) groups is 1. The van der Waals surface area contributed by atoms with Gasteiger partial charge in [-0.15, -0.1) is 0 Å². The number of nitro groups is 1. The lowest BCUT2D eigenvalue weighted by Crippen LogP contribution is -2.27. The molecule has 0 spiro atoms. The van der Waals surface area contributed by atoms with Crippen LogP contribution >= 0.6 is 11.8 Å². The van der Waals surface area contributed by atoms with E-state index in [1.807, 2.05) is 42.5 Å². The van der Waals surface area contributed by atoms with Crippen molar-refractivity contribution in [2.24, 2.45) is 0 Å². The van der Waals surface area contributed by atoms with Gasteiger partial charge in [-0.25, -0.2) is 0 Å². The maximum atomic E-state index is 13.2. The van der Waals surface area contributed by atoms with Crippen molar-refractivity contribution in [2.75, 3.05) is 0 Å². The van der Waals surface area contributed by atoms with Crippen molar-refractivity contribution >= 4 is 45.4 Å². The number of nitrogens with zero attached hydrogens (tertiary/aromatic N) is 2. The molecule has 1 aliphatic rings. The Morgan fingerprint density at radius 1 is 0.923 bits per heavy atom. The van der Waals surface area contributed by atoms with Crippen molar-refractivity contribution in [3.63, 3.8) is 0 Å². The van der Waals surface area contributed by atoms with Gasteiger partial charge in [0.1, 0.15) is 5.75 Å². The quantitative estimate of drug-likeness (QED) is 0.138. The third-order valence-corrected chi connectivity index (χ3v) is 6.90. The fraction of sp³-hybridized carbons (Fsp3) is 0.0714. The number of nitro benzene ring substituents is 1. The van der Waals surface area contributed by atoms with E-state index in [4.69, 9.17) is 4.74 Å². The van der Waals surface area contributed by atoms with Gasteiger partial charge in [-0.1, -0.05) is 60.7 Å². The maximum absolute atomic E-state index is 13.2. The maximum Gasteiger partial charge on any atom is 0.416 e. The summed E-state index contributed by atoms with van der Waals surface area (Å²) in [6.07, 6.45) is -3.35. The smallest absolute Gasteiger partial charge is 0.416 e. The monoisotopic (exact) mass is 550 g/mol. The number of hydrogen-bond acceptors (Lipinski definition) is 6. The number of rotatable bonds is 6. The largest absolute Gasteiger partial charge is 0.449 e. The van der Waals surface area contributed by atoms with E-state index >= 15 is 0 Å². The summed E-state index contributed by atoms with van der Waals surface area (Å²) in [5, 5.41) is 12.9. The van der Waals surface area contributed by atoms with Crippen LogP contribution in [0.4, 0.5) is 23.7 Å². The Hall–Kier alpha value is -4.64. The number of imide groups is 1. The van der Waals surface area contributed by atoms with E-state index in [9.17, 15) is 32.9 Å². The number of carbonyl (C=O) groups is 2. The van der Waals surface area contributed by atoms with Gasteiger partial charge < -0.3 is 4.74 Å². The summed E-state index contributed by atoms with van der Waals surface area (Å²) in [6, 6.07) is 21.4. The highest BCUT2D eigenvalue weighted by Gasteiger charge is 2.36. The van der Waals surface area contributed by atoms with Gasteiger partial charge in [-0.05, 0) is 52.4 Å². The highest BCUT2D eigenvalue weighted by Crippen LogP contribution is 2.40. The minimum Gasteiger partial charge on any atom is -0.449 e. The molecule has 7 nitrogen and oxygen atoms in total. The molecule has 5 rings (SSSR count).